The molecule has 0 saturated carbocycles. The summed E-state index contributed by atoms with van der Waals surface area (Å²) in [6, 6.07) is 16.2. The Morgan fingerprint density at radius 3 is 2.58 bits per heavy atom. The van der Waals surface area contributed by atoms with Crippen molar-refractivity contribution >= 4 is 11.4 Å². The lowest BCUT2D eigenvalue weighted by atomic mass is 10.1. The summed E-state index contributed by atoms with van der Waals surface area (Å²) in [6.45, 7) is 0.908. The van der Waals surface area contributed by atoms with Gasteiger partial charge in [-0.3, -0.25) is 0 Å². The normalized spacial score (nSPS) is 10.2. The van der Waals surface area contributed by atoms with Gasteiger partial charge in [-0.2, -0.15) is 0 Å². The van der Waals surface area contributed by atoms with E-state index in [1.54, 1.807) is 7.11 Å². The summed E-state index contributed by atoms with van der Waals surface area (Å²) in [5, 5.41) is 3.35. The van der Waals surface area contributed by atoms with Crippen molar-refractivity contribution in [3.05, 3.63) is 54.1 Å². The molecule has 0 radical (unpaired) electrons. The molecule has 0 fully saturated rings. The summed E-state index contributed by atoms with van der Waals surface area (Å²) in [7, 11) is 1.64. The van der Waals surface area contributed by atoms with Crippen molar-refractivity contribution in [1.29, 1.82) is 0 Å². The fourth-order valence-electron chi connectivity index (χ4n) is 1.99. The molecule has 19 heavy (non-hydrogen) atoms. The molecule has 0 aliphatic heterocycles. The number of hydrogen-bond acceptors (Lipinski definition) is 3. The fourth-order valence-corrected chi connectivity index (χ4v) is 1.99. The molecule has 3 heteroatoms. The van der Waals surface area contributed by atoms with E-state index in [-0.39, 0.29) is 0 Å². The first-order valence-corrected chi connectivity index (χ1v) is 6.51. The molecule has 0 amide bonds. The number of aryl methyl sites for hydroxylation is 1. The molecule has 0 atom stereocenters. The Hall–Kier alpha value is -2.16. The average molecular weight is 256 g/mol. The Morgan fingerprint density at radius 1 is 1.11 bits per heavy atom. The van der Waals surface area contributed by atoms with Crippen LogP contribution in [0.4, 0.5) is 11.4 Å². The van der Waals surface area contributed by atoms with Gasteiger partial charge in [0.25, 0.3) is 0 Å². The third kappa shape index (κ3) is 3.91. The van der Waals surface area contributed by atoms with Crippen LogP contribution in [0.1, 0.15) is 12.0 Å². The monoisotopic (exact) mass is 256 g/mol. The number of ether oxygens (including phenoxy) is 1. The highest BCUT2D eigenvalue weighted by Gasteiger charge is 2.00. The largest absolute Gasteiger partial charge is 0.497 e. The molecule has 2 aromatic carbocycles. The minimum absolute atomic E-state index is 0.721. The Bertz CT molecular complexity index is 511. The van der Waals surface area contributed by atoms with Crippen molar-refractivity contribution in [3.8, 4) is 5.75 Å². The molecule has 0 aromatic heterocycles. The number of methoxy groups -OCH3 is 1. The number of benzene rings is 2. The zero-order chi connectivity index (χ0) is 13.5. The molecule has 3 nitrogen and oxygen atoms in total. The number of rotatable bonds is 6. The van der Waals surface area contributed by atoms with Gasteiger partial charge in [0.2, 0.25) is 0 Å². The molecule has 0 aliphatic rings. The van der Waals surface area contributed by atoms with Crippen molar-refractivity contribution < 1.29 is 4.74 Å². The van der Waals surface area contributed by atoms with E-state index in [0.717, 1.165) is 36.5 Å². The van der Waals surface area contributed by atoms with Crippen LogP contribution in [0.3, 0.4) is 0 Å². The van der Waals surface area contributed by atoms with Crippen LogP contribution in [0.15, 0.2) is 48.5 Å². The minimum atomic E-state index is 0.721. The molecule has 3 N–H and O–H groups in total. The third-order valence-corrected chi connectivity index (χ3v) is 3.06. The highest BCUT2D eigenvalue weighted by atomic mass is 16.5. The lowest BCUT2D eigenvalue weighted by molar-refractivity contribution is 0.415. The van der Waals surface area contributed by atoms with Crippen molar-refractivity contribution in [2.45, 2.75) is 12.8 Å². The predicted octanol–water partition coefficient (Wildman–Crippen LogP) is 3.32. The van der Waals surface area contributed by atoms with Crippen molar-refractivity contribution in [1.82, 2.24) is 0 Å². The smallest absolute Gasteiger partial charge is 0.121 e. The molecular formula is C16H20N2O. The summed E-state index contributed by atoms with van der Waals surface area (Å²) in [4.78, 5) is 0. The van der Waals surface area contributed by atoms with Gasteiger partial charge in [-0.15, -0.1) is 0 Å². The van der Waals surface area contributed by atoms with Crippen LogP contribution in [-0.2, 0) is 6.42 Å². The second kappa shape index (κ2) is 6.69. The maximum atomic E-state index is 5.95. The first-order chi connectivity index (χ1) is 9.29. The van der Waals surface area contributed by atoms with Gasteiger partial charge in [0.05, 0.1) is 18.5 Å². The molecule has 0 saturated heterocycles. The van der Waals surface area contributed by atoms with Crippen molar-refractivity contribution in [2.75, 3.05) is 24.7 Å². The highest BCUT2D eigenvalue weighted by Crippen LogP contribution is 2.23. The molecule has 100 valence electrons. The average Bonchev–Trinajstić information content (AvgIpc) is 2.46. The van der Waals surface area contributed by atoms with E-state index in [1.165, 1.54) is 5.56 Å². The second-order valence-electron chi connectivity index (χ2n) is 4.47. The summed E-state index contributed by atoms with van der Waals surface area (Å²) in [5.74, 6) is 0.785. The van der Waals surface area contributed by atoms with E-state index >= 15 is 0 Å². The van der Waals surface area contributed by atoms with Crippen molar-refractivity contribution in [3.63, 3.8) is 0 Å². The zero-order valence-electron chi connectivity index (χ0n) is 11.2. The minimum Gasteiger partial charge on any atom is -0.497 e. The van der Waals surface area contributed by atoms with Crippen LogP contribution in [0.2, 0.25) is 0 Å². The van der Waals surface area contributed by atoms with Crippen LogP contribution < -0.4 is 15.8 Å². The molecule has 2 rings (SSSR count). The first kappa shape index (κ1) is 13.3. The molecule has 2 aromatic rings. The topological polar surface area (TPSA) is 47.3 Å². The Balaban J connectivity index is 1.80. The van der Waals surface area contributed by atoms with Crippen LogP contribution in [0, 0.1) is 0 Å². The first-order valence-electron chi connectivity index (χ1n) is 6.51. The van der Waals surface area contributed by atoms with E-state index in [1.807, 2.05) is 24.3 Å². The van der Waals surface area contributed by atoms with Crippen molar-refractivity contribution in [2.24, 2.45) is 0 Å². The Kier molecular flexibility index (Phi) is 4.67. The van der Waals surface area contributed by atoms with Gasteiger partial charge in [0.1, 0.15) is 5.75 Å². The van der Waals surface area contributed by atoms with Gasteiger partial charge < -0.3 is 15.8 Å². The standard InChI is InChI=1S/C16H20N2O/c1-19-14-9-10-16(15(17)12-14)18-11-5-8-13-6-3-2-4-7-13/h2-4,6-7,9-10,12,18H,5,8,11,17H2,1H3. The van der Waals surface area contributed by atoms with Gasteiger partial charge in [-0.05, 0) is 30.5 Å². The SMILES string of the molecule is COc1ccc(NCCCc2ccccc2)c(N)c1. The van der Waals surface area contributed by atoms with Crippen LogP contribution in [-0.4, -0.2) is 13.7 Å². The molecular weight excluding hydrogens is 236 g/mol. The lowest BCUT2D eigenvalue weighted by Crippen LogP contribution is -2.05. The fraction of sp³-hybridized carbons (Fsp3) is 0.250. The summed E-state index contributed by atoms with van der Waals surface area (Å²) in [6.07, 6.45) is 2.15. The molecule has 0 unspecified atom stereocenters. The maximum Gasteiger partial charge on any atom is 0.121 e. The quantitative estimate of drug-likeness (QED) is 0.615. The Labute approximate surface area is 114 Å². The number of anilines is 2. The predicted molar refractivity (Wildman–Crippen MR) is 80.7 cm³/mol. The van der Waals surface area contributed by atoms with Crippen LogP contribution in [0.5, 0.6) is 5.75 Å². The van der Waals surface area contributed by atoms with Gasteiger partial charge in [-0.25, -0.2) is 0 Å². The highest BCUT2D eigenvalue weighted by molar-refractivity contribution is 5.68. The number of nitrogen functional groups attached to an aromatic ring is 1. The van der Waals surface area contributed by atoms with Gasteiger partial charge in [0, 0.05) is 12.6 Å². The van der Waals surface area contributed by atoms with E-state index in [2.05, 4.69) is 29.6 Å². The van der Waals surface area contributed by atoms with Crippen LogP contribution >= 0.6 is 0 Å². The zero-order valence-corrected chi connectivity index (χ0v) is 11.2. The van der Waals surface area contributed by atoms with E-state index in [9.17, 15) is 0 Å². The summed E-state index contributed by atoms with van der Waals surface area (Å²) >= 11 is 0. The number of hydrogen-bond donors (Lipinski definition) is 2. The molecule has 0 spiro atoms. The molecule has 0 heterocycles. The van der Waals surface area contributed by atoms with Gasteiger partial charge >= 0.3 is 0 Å². The van der Waals surface area contributed by atoms with E-state index < -0.39 is 0 Å². The van der Waals surface area contributed by atoms with Gasteiger partial charge in [0.15, 0.2) is 0 Å². The summed E-state index contributed by atoms with van der Waals surface area (Å²) in [5.41, 5.74) is 9.00. The molecule has 0 aliphatic carbocycles. The van der Waals surface area contributed by atoms with E-state index in [4.69, 9.17) is 10.5 Å². The van der Waals surface area contributed by atoms with Crippen LogP contribution in [0.25, 0.3) is 0 Å². The van der Waals surface area contributed by atoms with Gasteiger partial charge in [-0.1, -0.05) is 30.3 Å². The third-order valence-electron chi connectivity index (χ3n) is 3.06. The molecule has 0 bridgehead atoms. The Morgan fingerprint density at radius 2 is 1.89 bits per heavy atom. The lowest BCUT2D eigenvalue weighted by Gasteiger charge is -2.10. The van der Waals surface area contributed by atoms with E-state index in [0.29, 0.717) is 0 Å². The summed E-state index contributed by atoms with van der Waals surface area (Å²) < 4.78 is 5.13. The maximum absolute atomic E-state index is 5.95. The number of nitrogens with two attached hydrogens (primary N) is 1. The second-order valence-corrected chi connectivity index (χ2v) is 4.47. The number of nitrogens with one attached hydrogen (secondary N) is 1.